The molecule has 7 heteroatoms. The number of fused-ring (bicyclic) bond motifs is 4. The van der Waals surface area contributed by atoms with Crippen molar-refractivity contribution in [3.63, 3.8) is 0 Å². The van der Waals surface area contributed by atoms with Crippen LogP contribution in [0.5, 0.6) is 0 Å². The van der Waals surface area contributed by atoms with Crippen LogP contribution < -0.4 is 5.32 Å². The van der Waals surface area contributed by atoms with Gasteiger partial charge in [-0.2, -0.15) is 0 Å². The largest absolute Gasteiger partial charge is 0.460 e. The zero-order chi connectivity index (χ0) is 17.4. The number of amidine groups is 1. The van der Waals surface area contributed by atoms with Gasteiger partial charge in [0.25, 0.3) is 6.02 Å². The third kappa shape index (κ3) is 3.54. The Hall–Kier alpha value is -1.56. The molecule has 5 nitrogen and oxygen atoms in total. The lowest BCUT2D eigenvalue weighted by Gasteiger charge is -2.44. The molecule has 4 heterocycles. The number of hydrogen-bond donors (Lipinski definition) is 1. The van der Waals surface area contributed by atoms with E-state index in [4.69, 9.17) is 27.9 Å². The highest BCUT2D eigenvalue weighted by Crippen LogP contribution is 2.31. The zero-order valence-corrected chi connectivity index (χ0v) is 15.5. The number of aromatic nitrogens is 1. The van der Waals surface area contributed by atoms with Gasteiger partial charge >= 0.3 is 0 Å². The molecular formula is C18H20Cl2N4O. The third-order valence-electron chi connectivity index (χ3n) is 5.05. The summed E-state index contributed by atoms with van der Waals surface area (Å²) in [6.45, 7) is 3.34. The fraction of sp³-hybridized carbons (Fsp3) is 0.444. The average Bonchev–Trinajstić information content (AvgIpc) is 2.61. The van der Waals surface area contributed by atoms with Crippen LogP contribution in [0.15, 0.2) is 29.4 Å². The first-order chi connectivity index (χ1) is 12.1. The topological polar surface area (TPSA) is 49.8 Å². The summed E-state index contributed by atoms with van der Waals surface area (Å²) in [5.41, 5.74) is 0. The monoisotopic (exact) mass is 378 g/mol. The molecule has 1 aromatic heterocycles. The second-order valence-electron chi connectivity index (χ2n) is 6.63. The fourth-order valence-electron chi connectivity index (χ4n) is 3.68. The molecule has 1 aromatic carbocycles. The van der Waals surface area contributed by atoms with Crippen molar-refractivity contribution in [1.29, 1.82) is 0 Å². The Morgan fingerprint density at radius 2 is 2.08 bits per heavy atom. The van der Waals surface area contributed by atoms with Crippen LogP contribution in [0, 0.1) is 5.92 Å². The molecule has 0 spiro atoms. The summed E-state index contributed by atoms with van der Waals surface area (Å²) in [4.78, 5) is 11.1. The number of rotatable bonds is 2. The summed E-state index contributed by atoms with van der Waals surface area (Å²) in [5.74, 6) is 1.28. The van der Waals surface area contributed by atoms with Crippen molar-refractivity contribution in [3.8, 4) is 0 Å². The Kier molecular flexibility index (Phi) is 4.71. The van der Waals surface area contributed by atoms with Crippen LogP contribution in [0.3, 0.4) is 0 Å². The van der Waals surface area contributed by atoms with Gasteiger partial charge < -0.3 is 4.74 Å². The highest BCUT2D eigenvalue weighted by Gasteiger charge is 2.36. The molecule has 0 saturated carbocycles. The lowest BCUT2D eigenvalue weighted by atomic mass is 9.86. The van der Waals surface area contributed by atoms with E-state index in [9.17, 15) is 0 Å². The van der Waals surface area contributed by atoms with Crippen LogP contribution in [-0.4, -0.2) is 48.7 Å². The molecular weight excluding hydrogens is 359 g/mol. The second kappa shape index (κ2) is 6.98. The Bertz CT molecular complexity index is 818. The molecule has 2 bridgehead atoms. The van der Waals surface area contributed by atoms with Gasteiger partial charge in [-0.3, -0.25) is 10.2 Å². The number of hydrogen-bond acceptors (Lipinski definition) is 4. The molecule has 2 aromatic rings. The van der Waals surface area contributed by atoms with Crippen LogP contribution in [0.4, 0.5) is 5.82 Å². The zero-order valence-electron chi connectivity index (χ0n) is 14.0. The average molecular weight is 379 g/mol. The first-order valence-electron chi connectivity index (χ1n) is 8.50. The van der Waals surface area contributed by atoms with Gasteiger partial charge in [-0.25, -0.2) is 9.98 Å². The van der Waals surface area contributed by atoms with E-state index in [1.165, 1.54) is 25.9 Å². The first-order valence-corrected chi connectivity index (χ1v) is 9.25. The number of ether oxygens (including phenoxy) is 1. The lowest BCUT2D eigenvalue weighted by molar-refractivity contribution is -0.0146. The minimum absolute atomic E-state index is 0.193. The van der Waals surface area contributed by atoms with Crippen LogP contribution in [0.1, 0.15) is 12.8 Å². The Morgan fingerprint density at radius 3 is 2.76 bits per heavy atom. The third-order valence-corrected chi connectivity index (χ3v) is 5.58. The van der Waals surface area contributed by atoms with E-state index in [1.807, 2.05) is 12.1 Å². The fourth-order valence-corrected chi connectivity index (χ4v) is 4.24. The van der Waals surface area contributed by atoms with Gasteiger partial charge in [0.1, 0.15) is 11.9 Å². The van der Waals surface area contributed by atoms with E-state index < -0.39 is 0 Å². The molecule has 5 rings (SSSR count). The quantitative estimate of drug-likeness (QED) is 0.632. The van der Waals surface area contributed by atoms with E-state index >= 15 is 0 Å². The van der Waals surface area contributed by atoms with Crippen molar-refractivity contribution in [1.82, 2.24) is 9.88 Å². The molecule has 0 amide bonds. The molecule has 3 aliphatic heterocycles. The molecule has 25 heavy (non-hydrogen) atoms. The maximum absolute atomic E-state index is 6.21. The number of pyridine rings is 1. The maximum atomic E-state index is 6.21. The van der Waals surface area contributed by atoms with E-state index in [-0.39, 0.29) is 6.10 Å². The maximum Gasteiger partial charge on any atom is 0.290 e. The van der Waals surface area contributed by atoms with Crippen molar-refractivity contribution in [3.05, 3.63) is 34.4 Å². The summed E-state index contributed by atoms with van der Waals surface area (Å²) in [6.07, 6.45) is 4.33. The predicted octanol–water partition coefficient (Wildman–Crippen LogP) is 4.05. The molecule has 0 aliphatic carbocycles. The Labute approximate surface area is 157 Å². The van der Waals surface area contributed by atoms with Crippen molar-refractivity contribution in [2.24, 2.45) is 10.9 Å². The van der Waals surface area contributed by atoms with Crippen LogP contribution in [0.2, 0.25) is 10.0 Å². The SMILES string of the molecule is CN=C(Nc1cc2cc(Cl)cc(Cl)c2cn1)O[C@H]1CN2CCC1CC2. The minimum atomic E-state index is 0.193. The number of aliphatic imine (C=N–C) groups is 1. The van der Waals surface area contributed by atoms with Gasteiger partial charge in [0.2, 0.25) is 0 Å². The van der Waals surface area contributed by atoms with Crippen molar-refractivity contribution < 1.29 is 4.74 Å². The molecule has 3 saturated heterocycles. The van der Waals surface area contributed by atoms with Gasteiger partial charge in [-0.1, -0.05) is 23.2 Å². The molecule has 3 fully saturated rings. The summed E-state index contributed by atoms with van der Waals surface area (Å²) in [5, 5.41) is 6.16. The molecule has 132 valence electrons. The van der Waals surface area contributed by atoms with Crippen LogP contribution >= 0.6 is 23.2 Å². The highest BCUT2D eigenvalue weighted by molar-refractivity contribution is 6.38. The number of nitrogens with one attached hydrogen (secondary N) is 1. The molecule has 0 unspecified atom stereocenters. The number of benzene rings is 1. The Balaban J connectivity index is 1.51. The lowest BCUT2D eigenvalue weighted by Crippen LogP contribution is -2.52. The van der Waals surface area contributed by atoms with Crippen molar-refractivity contribution in [2.75, 3.05) is 32.0 Å². The van der Waals surface area contributed by atoms with E-state index in [2.05, 4.69) is 20.2 Å². The summed E-state index contributed by atoms with van der Waals surface area (Å²) >= 11 is 12.3. The summed E-state index contributed by atoms with van der Waals surface area (Å²) in [7, 11) is 1.72. The van der Waals surface area contributed by atoms with E-state index in [0.29, 0.717) is 27.8 Å². The van der Waals surface area contributed by atoms with Gasteiger partial charge in [-0.05, 0) is 55.4 Å². The smallest absolute Gasteiger partial charge is 0.290 e. The van der Waals surface area contributed by atoms with Gasteiger partial charge in [0.05, 0.1) is 5.02 Å². The predicted molar refractivity (Wildman–Crippen MR) is 103 cm³/mol. The van der Waals surface area contributed by atoms with Crippen molar-refractivity contribution >= 4 is 45.8 Å². The van der Waals surface area contributed by atoms with Gasteiger partial charge in [0, 0.05) is 30.2 Å². The summed E-state index contributed by atoms with van der Waals surface area (Å²) < 4.78 is 6.14. The number of anilines is 1. The minimum Gasteiger partial charge on any atom is -0.460 e. The molecule has 0 radical (unpaired) electrons. The second-order valence-corrected chi connectivity index (χ2v) is 7.47. The molecule has 3 aliphatic rings. The van der Waals surface area contributed by atoms with Crippen LogP contribution in [0.25, 0.3) is 10.8 Å². The molecule has 1 atom stereocenters. The van der Waals surface area contributed by atoms with Gasteiger partial charge in [-0.15, -0.1) is 0 Å². The first kappa shape index (κ1) is 16.9. The number of piperidine rings is 3. The number of nitrogens with zero attached hydrogens (tertiary/aromatic N) is 3. The van der Waals surface area contributed by atoms with Crippen molar-refractivity contribution in [2.45, 2.75) is 18.9 Å². The number of halogens is 2. The van der Waals surface area contributed by atoms with E-state index in [1.54, 1.807) is 19.3 Å². The van der Waals surface area contributed by atoms with Gasteiger partial charge in [0.15, 0.2) is 0 Å². The van der Waals surface area contributed by atoms with E-state index in [0.717, 1.165) is 17.3 Å². The highest BCUT2D eigenvalue weighted by atomic mass is 35.5. The molecule has 1 N–H and O–H groups in total. The summed E-state index contributed by atoms with van der Waals surface area (Å²) in [6, 6.07) is 5.99. The standard InChI is InChI=1S/C18H20Cl2N4O/c1-21-18(25-16-10-24-4-2-11(16)3-5-24)23-17-7-12-6-13(19)8-15(20)14(12)9-22-17/h6-9,11,16H,2-5,10H2,1H3,(H,21,22,23)/t16-/m0/s1. The Morgan fingerprint density at radius 1 is 1.28 bits per heavy atom. The van der Waals surface area contributed by atoms with Crippen LogP contribution in [-0.2, 0) is 4.74 Å². The normalized spacial score (nSPS) is 26.0.